The maximum Gasteiger partial charge on any atom is 0.251 e. The molecule has 2 rings (SSSR count). The zero-order valence-electron chi connectivity index (χ0n) is 11.1. The normalized spacial score (nSPS) is 33.7. The van der Waals surface area contributed by atoms with Gasteiger partial charge in [-0.1, -0.05) is 18.2 Å². The molecule has 1 fully saturated rings. The van der Waals surface area contributed by atoms with Gasteiger partial charge in [-0.05, 0) is 19.1 Å². The van der Waals surface area contributed by atoms with Gasteiger partial charge in [0.25, 0.3) is 5.91 Å². The van der Waals surface area contributed by atoms with E-state index in [1.54, 1.807) is 31.2 Å². The van der Waals surface area contributed by atoms with Crippen LogP contribution >= 0.6 is 0 Å². The Morgan fingerprint density at radius 2 is 1.80 bits per heavy atom. The fraction of sp³-hybridized carbons (Fsp3) is 0.500. The lowest BCUT2D eigenvalue weighted by atomic mass is 9.95. The molecule has 0 aliphatic carbocycles. The van der Waals surface area contributed by atoms with E-state index in [-0.39, 0.29) is 12.5 Å². The number of hydrogen-bond acceptors (Lipinski definition) is 5. The van der Waals surface area contributed by atoms with Crippen LogP contribution in [0.25, 0.3) is 0 Å². The minimum Gasteiger partial charge on any atom is -0.388 e. The molecule has 1 saturated heterocycles. The fourth-order valence-corrected chi connectivity index (χ4v) is 2.19. The van der Waals surface area contributed by atoms with Gasteiger partial charge in [0.15, 0.2) is 0 Å². The van der Waals surface area contributed by atoms with Gasteiger partial charge in [0.1, 0.15) is 24.4 Å². The number of carbonyl (C=O) groups excluding carboxylic acids is 1. The van der Waals surface area contributed by atoms with E-state index in [1.165, 1.54) is 0 Å². The number of ether oxygens (including phenoxy) is 1. The van der Waals surface area contributed by atoms with E-state index in [0.717, 1.165) is 0 Å². The number of nitrogens with one attached hydrogen (secondary N) is 1. The first-order valence-electron chi connectivity index (χ1n) is 6.53. The fourth-order valence-electron chi connectivity index (χ4n) is 2.19. The average Bonchev–Trinajstić information content (AvgIpc) is 2.48. The maximum atomic E-state index is 11.9. The quantitative estimate of drug-likeness (QED) is 0.586. The van der Waals surface area contributed by atoms with Crippen LogP contribution in [0.4, 0.5) is 0 Å². The first-order chi connectivity index (χ1) is 9.50. The Morgan fingerprint density at radius 1 is 1.15 bits per heavy atom. The van der Waals surface area contributed by atoms with Gasteiger partial charge in [-0.2, -0.15) is 0 Å². The monoisotopic (exact) mass is 281 g/mol. The molecule has 5 atom stereocenters. The van der Waals surface area contributed by atoms with E-state index < -0.39 is 30.5 Å². The molecule has 1 aliphatic heterocycles. The number of hydrogen-bond donors (Lipinski definition) is 4. The molecule has 0 bridgehead atoms. The van der Waals surface area contributed by atoms with Gasteiger partial charge in [-0.15, -0.1) is 0 Å². The smallest absolute Gasteiger partial charge is 0.251 e. The first kappa shape index (κ1) is 14.9. The highest BCUT2D eigenvalue weighted by molar-refractivity contribution is 5.94. The highest BCUT2D eigenvalue weighted by atomic mass is 16.5. The molecule has 1 aromatic rings. The summed E-state index contributed by atoms with van der Waals surface area (Å²) in [6.07, 6.45) is -5.01. The summed E-state index contributed by atoms with van der Waals surface area (Å²) < 4.78 is 5.39. The van der Waals surface area contributed by atoms with Crippen molar-refractivity contribution in [2.45, 2.75) is 37.4 Å². The average molecular weight is 281 g/mol. The van der Waals surface area contributed by atoms with E-state index in [4.69, 9.17) is 4.74 Å². The Bertz CT molecular complexity index is 452. The van der Waals surface area contributed by atoms with Gasteiger partial charge in [-0.25, -0.2) is 0 Å². The molecule has 1 aromatic carbocycles. The van der Waals surface area contributed by atoms with Crippen LogP contribution < -0.4 is 5.32 Å². The maximum absolute atomic E-state index is 11.9. The largest absolute Gasteiger partial charge is 0.388 e. The zero-order chi connectivity index (χ0) is 14.7. The second-order valence-electron chi connectivity index (χ2n) is 4.93. The molecule has 20 heavy (non-hydrogen) atoms. The van der Waals surface area contributed by atoms with Crippen molar-refractivity contribution < 1.29 is 24.9 Å². The minimum atomic E-state index is -1.28. The third-order valence-corrected chi connectivity index (χ3v) is 3.45. The Morgan fingerprint density at radius 3 is 2.45 bits per heavy atom. The Labute approximate surface area is 117 Å². The summed E-state index contributed by atoms with van der Waals surface area (Å²) in [6, 6.07) is 8.67. The Hall–Kier alpha value is -1.47. The zero-order valence-corrected chi connectivity index (χ0v) is 11.1. The molecule has 0 aromatic heterocycles. The van der Waals surface area contributed by atoms with Gasteiger partial charge in [0, 0.05) is 12.1 Å². The van der Waals surface area contributed by atoms with Crippen molar-refractivity contribution in [2.75, 3.05) is 6.54 Å². The van der Waals surface area contributed by atoms with E-state index >= 15 is 0 Å². The molecule has 0 spiro atoms. The highest BCUT2D eigenvalue weighted by Gasteiger charge is 2.41. The van der Waals surface area contributed by atoms with Crippen molar-refractivity contribution in [3.8, 4) is 0 Å². The summed E-state index contributed by atoms with van der Waals surface area (Å²) in [4.78, 5) is 11.9. The van der Waals surface area contributed by atoms with Crippen molar-refractivity contribution in [1.82, 2.24) is 5.32 Å². The summed E-state index contributed by atoms with van der Waals surface area (Å²) >= 11 is 0. The molecular weight excluding hydrogens is 262 g/mol. The van der Waals surface area contributed by atoms with Crippen LogP contribution in [0, 0.1) is 0 Å². The summed E-state index contributed by atoms with van der Waals surface area (Å²) in [5.74, 6) is -0.283. The summed E-state index contributed by atoms with van der Waals surface area (Å²) in [6.45, 7) is 1.66. The van der Waals surface area contributed by atoms with E-state index in [2.05, 4.69) is 5.32 Å². The lowest BCUT2D eigenvalue weighted by Gasteiger charge is -2.39. The van der Waals surface area contributed by atoms with Gasteiger partial charge < -0.3 is 25.4 Å². The van der Waals surface area contributed by atoms with E-state index in [0.29, 0.717) is 5.56 Å². The van der Waals surface area contributed by atoms with Crippen LogP contribution in [0.3, 0.4) is 0 Å². The molecule has 1 heterocycles. The van der Waals surface area contributed by atoms with Crippen LogP contribution in [0.15, 0.2) is 30.3 Å². The van der Waals surface area contributed by atoms with Crippen molar-refractivity contribution >= 4 is 5.91 Å². The molecule has 0 saturated carbocycles. The van der Waals surface area contributed by atoms with Crippen LogP contribution in [0.1, 0.15) is 17.3 Å². The Kier molecular flexibility index (Phi) is 4.72. The van der Waals surface area contributed by atoms with Gasteiger partial charge >= 0.3 is 0 Å². The molecule has 6 nitrogen and oxygen atoms in total. The van der Waals surface area contributed by atoms with Crippen molar-refractivity contribution in [3.63, 3.8) is 0 Å². The number of carbonyl (C=O) groups is 1. The number of amides is 1. The molecule has 110 valence electrons. The first-order valence-corrected chi connectivity index (χ1v) is 6.53. The molecule has 5 unspecified atom stereocenters. The molecule has 1 aliphatic rings. The van der Waals surface area contributed by atoms with Gasteiger partial charge in [0.2, 0.25) is 0 Å². The summed E-state index contributed by atoms with van der Waals surface area (Å²) in [5, 5.41) is 31.7. The predicted octanol–water partition coefficient (Wildman–Crippen LogP) is -0.714. The minimum absolute atomic E-state index is 0.0585. The third kappa shape index (κ3) is 3.16. The van der Waals surface area contributed by atoms with Crippen molar-refractivity contribution in [3.05, 3.63) is 35.9 Å². The Balaban J connectivity index is 1.92. The molecule has 0 radical (unpaired) electrons. The van der Waals surface area contributed by atoms with Gasteiger partial charge in [-0.3, -0.25) is 4.79 Å². The van der Waals surface area contributed by atoms with Crippen LogP contribution in [0.5, 0.6) is 0 Å². The number of aliphatic hydroxyl groups excluding tert-OH is 3. The van der Waals surface area contributed by atoms with Crippen LogP contribution in [-0.4, -0.2) is 58.3 Å². The van der Waals surface area contributed by atoms with E-state index in [1.807, 2.05) is 6.07 Å². The van der Waals surface area contributed by atoms with Crippen LogP contribution in [-0.2, 0) is 4.74 Å². The molecule has 1 amide bonds. The second kappa shape index (κ2) is 6.32. The second-order valence-corrected chi connectivity index (χ2v) is 4.93. The third-order valence-electron chi connectivity index (χ3n) is 3.45. The SMILES string of the molecule is CC1OC(CNC(=O)c2ccccc2)C(O)C(O)C1O. The topological polar surface area (TPSA) is 99.0 Å². The summed E-state index contributed by atoms with van der Waals surface area (Å²) in [7, 11) is 0. The predicted molar refractivity (Wildman–Crippen MR) is 71.1 cm³/mol. The lowest BCUT2D eigenvalue weighted by molar-refractivity contribution is -0.214. The van der Waals surface area contributed by atoms with Gasteiger partial charge in [0.05, 0.1) is 6.10 Å². The summed E-state index contributed by atoms with van der Waals surface area (Å²) in [5.41, 5.74) is 0.506. The lowest BCUT2D eigenvalue weighted by Crippen LogP contribution is -2.59. The molecular formula is C14H19NO5. The number of benzene rings is 1. The van der Waals surface area contributed by atoms with Crippen molar-refractivity contribution in [2.24, 2.45) is 0 Å². The number of rotatable bonds is 3. The molecule has 6 heteroatoms. The molecule has 4 N–H and O–H groups in total. The van der Waals surface area contributed by atoms with Crippen molar-refractivity contribution in [1.29, 1.82) is 0 Å². The standard InChI is InChI=1S/C14H19NO5/c1-8-11(16)13(18)12(17)10(20-8)7-15-14(19)9-5-3-2-4-6-9/h2-6,8,10-13,16-18H,7H2,1H3,(H,15,19). The van der Waals surface area contributed by atoms with Crippen LogP contribution in [0.2, 0.25) is 0 Å². The van der Waals surface area contributed by atoms with E-state index in [9.17, 15) is 20.1 Å². The highest BCUT2D eigenvalue weighted by Crippen LogP contribution is 2.20. The number of aliphatic hydroxyl groups is 3.